The van der Waals surface area contributed by atoms with Crippen molar-refractivity contribution in [2.45, 2.75) is 58.0 Å². The van der Waals surface area contributed by atoms with E-state index in [-0.39, 0.29) is 5.92 Å². The summed E-state index contributed by atoms with van der Waals surface area (Å²) in [6.45, 7) is 2.94. The molecule has 0 spiro atoms. The molecule has 0 aromatic heterocycles. The Bertz CT molecular complexity index is 218. The number of carboxylic acid groups (broad SMARTS) is 1. The summed E-state index contributed by atoms with van der Waals surface area (Å²) < 4.78 is 14.4. The molecule has 1 N–H and O–H groups in total. The predicted octanol–water partition coefficient (Wildman–Crippen LogP) is 3.41. The number of carboxylic acids is 1. The number of rotatable bonds is 3. The van der Waals surface area contributed by atoms with Crippen molar-refractivity contribution in [3.63, 3.8) is 0 Å². The zero-order valence-corrected chi connectivity index (χ0v) is 9.63. The maximum Gasteiger partial charge on any atom is 0.309 e. The Morgan fingerprint density at radius 3 is 2.20 bits per heavy atom. The van der Waals surface area contributed by atoms with Crippen molar-refractivity contribution in [2.24, 2.45) is 11.8 Å². The number of hydrogen-bond donors (Lipinski definition) is 1. The maximum atomic E-state index is 14.4. The highest BCUT2D eigenvalue weighted by Gasteiger charge is 2.42. The summed E-state index contributed by atoms with van der Waals surface area (Å²) in [7, 11) is 0. The van der Waals surface area contributed by atoms with E-state index in [2.05, 4.69) is 0 Å². The van der Waals surface area contributed by atoms with Gasteiger partial charge >= 0.3 is 5.97 Å². The molecule has 1 rings (SSSR count). The fourth-order valence-electron chi connectivity index (χ4n) is 2.44. The maximum absolute atomic E-state index is 14.4. The Labute approximate surface area is 90.9 Å². The second-order valence-corrected chi connectivity index (χ2v) is 4.90. The van der Waals surface area contributed by atoms with Crippen LogP contribution in [0.4, 0.5) is 4.39 Å². The lowest BCUT2D eigenvalue weighted by Crippen LogP contribution is -2.40. The summed E-state index contributed by atoms with van der Waals surface area (Å²) in [5, 5.41) is 8.88. The molecule has 1 aliphatic rings. The SMILES string of the molecule is CC(C(=O)O)C(C)(F)C1CCCCCC1. The molecule has 0 aromatic rings. The van der Waals surface area contributed by atoms with Gasteiger partial charge in [0.1, 0.15) is 5.67 Å². The fraction of sp³-hybridized carbons (Fsp3) is 0.917. The molecule has 1 aliphatic carbocycles. The van der Waals surface area contributed by atoms with Crippen molar-refractivity contribution in [2.75, 3.05) is 0 Å². The van der Waals surface area contributed by atoms with Crippen LogP contribution in [-0.2, 0) is 4.79 Å². The summed E-state index contributed by atoms with van der Waals surface area (Å²) in [6, 6.07) is 0. The second kappa shape index (κ2) is 4.95. The number of hydrogen-bond acceptors (Lipinski definition) is 1. The van der Waals surface area contributed by atoms with Crippen LogP contribution < -0.4 is 0 Å². The van der Waals surface area contributed by atoms with Crippen molar-refractivity contribution in [1.82, 2.24) is 0 Å². The van der Waals surface area contributed by atoms with E-state index in [0.717, 1.165) is 38.5 Å². The van der Waals surface area contributed by atoms with Crippen LogP contribution in [0.15, 0.2) is 0 Å². The summed E-state index contributed by atoms with van der Waals surface area (Å²) >= 11 is 0. The molecule has 2 nitrogen and oxygen atoms in total. The molecular weight excluding hydrogens is 195 g/mol. The Morgan fingerprint density at radius 2 is 1.80 bits per heavy atom. The third kappa shape index (κ3) is 2.93. The number of aliphatic carboxylic acids is 1. The van der Waals surface area contributed by atoms with Crippen LogP contribution >= 0.6 is 0 Å². The summed E-state index contributed by atoms with van der Waals surface area (Å²) in [6.07, 6.45) is 6.07. The monoisotopic (exact) mass is 216 g/mol. The van der Waals surface area contributed by atoms with Crippen LogP contribution in [0, 0.1) is 11.8 Å². The van der Waals surface area contributed by atoms with Crippen molar-refractivity contribution < 1.29 is 14.3 Å². The molecule has 2 atom stereocenters. The standard InChI is InChI=1S/C12H21FO2/c1-9(11(14)15)12(2,13)10-7-5-3-4-6-8-10/h9-10H,3-8H2,1-2H3,(H,14,15). The lowest BCUT2D eigenvalue weighted by atomic mass is 9.77. The van der Waals surface area contributed by atoms with E-state index >= 15 is 0 Å². The molecule has 2 unspecified atom stereocenters. The van der Waals surface area contributed by atoms with Gasteiger partial charge in [-0.15, -0.1) is 0 Å². The molecule has 1 fully saturated rings. The van der Waals surface area contributed by atoms with E-state index in [4.69, 9.17) is 5.11 Å². The quantitative estimate of drug-likeness (QED) is 0.734. The molecule has 0 heterocycles. The first kappa shape index (κ1) is 12.5. The first-order valence-electron chi connectivity index (χ1n) is 5.88. The van der Waals surface area contributed by atoms with Gasteiger partial charge in [0.2, 0.25) is 0 Å². The van der Waals surface area contributed by atoms with Gasteiger partial charge in [-0.3, -0.25) is 4.79 Å². The third-order valence-electron chi connectivity index (χ3n) is 3.87. The Morgan fingerprint density at radius 1 is 1.33 bits per heavy atom. The molecule has 88 valence electrons. The normalized spacial score (nSPS) is 25.3. The number of alkyl halides is 1. The smallest absolute Gasteiger partial charge is 0.309 e. The molecule has 1 saturated carbocycles. The minimum atomic E-state index is -1.56. The lowest BCUT2D eigenvalue weighted by molar-refractivity contribution is -0.148. The lowest BCUT2D eigenvalue weighted by Gasteiger charge is -2.33. The van der Waals surface area contributed by atoms with Gasteiger partial charge in [-0.2, -0.15) is 0 Å². The van der Waals surface area contributed by atoms with Gasteiger partial charge in [-0.1, -0.05) is 25.7 Å². The minimum Gasteiger partial charge on any atom is -0.481 e. The van der Waals surface area contributed by atoms with Gasteiger partial charge in [-0.05, 0) is 32.6 Å². The van der Waals surface area contributed by atoms with Crippen LogP contribution in [0.25, 0.3) is 0 Å². The fourth-order valence-corrected chi connectivity index (χ4v) is 2.44. The zero-order chi connectivity index (χ0) is 11.5. The van der Waals surface area contributed by atoms with Gasteiger partial charge in [0.25, 0.3) is 0 Å². The van der Waals surface area contributed by atoms with E-state index < -0.39 is 17.6 Å². The average Bonchev–Trinajstić information content (AvgIpc) is 2.44. The number of halogens is 1. The van der Waals surface area contributed by atoms with Gasteiger partial charge in [-0.25, -0.2) is 4.39 Å². The van der Waals surface area contributed by atoms with Crippen LogP contribution in [-0.4, -0.2) is 16.7 Å². The van der Waals surface area contributed by atoms with E-state index in [1.165, 1.54) is 13.8 Å². The molecular formula is C12H21FO2. The highest BCUT2D eigenvalue weighted by Crippen LogP contribution is 2.39. The molecule has 0 aliphatic heterocycles. The first-order valence-corrected chi connectivity index (χ1v) is 5.88. The minimum absolute atomic E-state index is 0.0777. The Hall–Kier alpha value is -0.600. The van der Waals surface area contributed by atoms with Crippen LogP contribution in [0.3, 0.4) is 0 Å². The Balaban J connectivity index is 2.69. The second-order valence-electron chi connectivity index (χ2n) is 4.90. The molecule has 0 bridgehead atoms. The van der Waals surface area contributed by atoms with Gasteiger partial charge in [0, 0.05) is 0 Å². The highest BCUT2D eigenvalue weighted by molar-refractivity contribution is 5.71. The van der Waals surface area contributed by atoms with Crippen molar-refractivity contribution in [1.29, 1.82) is 0 Å². The van der Waals surface area contributed by atoms with Crippen molar-refractivity contribution in [3.8, 4) is 0 Å². The van der Waals surface area contributed by atoms with Gasteiger partial charge in [0.05, 0.1) is 5.92 Å². The summed E-state index contributed by atoms with van der Waals surface area (Å²) in [5.41, 5.74) is -1.56. The third-order valence-corrected chi connectivity index (χ3v) is 3.87. The largest absolute Gasteiger partial charge is 0.481 e. The van der Waals surface area contributed by atoms with E-state index in [0.29, 0.717) is 0 Å². The van der Waals surface area contributed by atoms with Gasteiger partial charge < -0.3 is 5.11 Å². The van der Waals surface area contributed by atoms with E-state index in [1.807, 2.05) is 0 Å². The van der Waals surface area contributed by atoms with Crippen LogP contribution in [0.2, 0.25) is 0 Å². The van der Waals surface area contributed by atoms with Crippen LogP contribution in [0.5, 0.6) is 0 Å². The topological polar surface area (TPSA) is 37.3 Å². The van der Waals surface area contributed by atoms with Crippen molar-refractivity contribution in [3.05, 3.63) is 0 Å². The van der Waals surface area contributed by atoms with E-state index in [9.17, 15) is 9.18 Å². The molecule has 0 aromatic carbocycles. The zero-order valence-electron chi connectivity index (χ0n) is 9.63. The molecule has 0 saturated heterocycles. The Kier molecular flexibility index (Phi) is 4.12. The summed E-state index contributed by atoms with van der Waals surface area (Å²) in [4.78, 5) is 10.8. The summed E-state index contributed by atoms with van der Waals surface area (Å²) in [5.74, 6) is -2.00. The number of carbonyl (C=O) groups is 1. The first-order chi connectivity index (χ1) is 6.96. The van der Waals surface area contributed by atoms with E-state index in [1.54, 1.807) is 0 Å². The average molecular weight is 216 g/mol. The highest BCUT2D eigenvalue weighted by atomic mass is 19.1. The molecule has 0 amide bonds. The van der Waals surface area contributed by atoms with Crippen LogP contribution in [0.1, 0.15) is 52.4 Å². The van der Waals surface area contributed by atoms with Crippen molar-refractivity contribution >= 4 is 5.97 Å². The molecule has 3 heteroatoms. The van der Waals surface area contributed by atoms with Gasteiger partial charge in [0.15, 0.2) is 0 Å². The molecule has 15 heavy (non-hydrogen) atoms. The predicted molar refractivity (Wildman–Crippen MR) is 57.5 cm³/mol. The molecule has 0 radical (unpaired) electrons.